The number of thiazole rings is 1. The molecule has 1 saturated carbocycles. The molecule has 4 rings (SSSR count). The number of aromatic nitrogens is 1. The van der Waals surface area contributed by atoms with Crippen LogP contribution in [0.25, 0.3) is 11.3 Å². The smallest absolute Gasteiger partial charge is 0.224 e. The molecule has 1 aliphatic carbocycles. The van der Waals surface area contributed by atoms with E-state index < -0.39 is 0 Å². The SMILES string of the molecule is O=C1CCCc2cc(-c3csc(NC4CC4)n3)ccc2N1. The molecule has 0 atom stereocenters. The lowest BCUT2D eigenvalue weighted by atomic mass is 10.0. The first-order valence-electron chi connectivity index (χ1n) is 7.43. The van der Waals surface area contributed by atoms with E-state index in [1.807, 2.05) is 12.1 Å². The molecule has 2 aliphatic rings. The number of benzene rings is 1. The van der Waals surface area contributed by atoms with Crippen molar-refractivity contribution in [3.05, 3.63) is 29.1 Å². The zero-order valence-corrected chi connectivity index (χ0v) is 12.5. The second kappa shape index (κ2) is 5.15. The number of aryl methyl sites for hydroxylation is 1. The van der Waals surface area contributed by atoms with Crippen LogP contribution >= 0.6 is 11.3 Å². The Bertz CT molecular complexity index is 691. The molecule has 1 aliphatic heterocycles. The largest absolute Gasteiger partial charge is 0.359 e. The fourth-order valence-corrected chi connectivity index (χ4v) is 3.41. The molecule has 2 heterocycles. The predicted octanol–water partition coefficient (Wildman–Crippen LogP) is 3.66. The molecule has 108 valence electrons. The van der Waals surface area contributed by atoms with Crippen LogP contribution in [-0.2, 0) is 11.2 Å². The van der Waals surface area contributed by atoms with Crippen molar-refractivity contribution in [3.63, 3.8) is 0 Å². The zero-order valence-electron chi connectivity index (χ0n) is 11.7. The second-order valence-corrected chi connectivity index (χ2v) is 6.59. The van der Waals surface area contributed by atoms with Crippen molar-refractivity contribution in [2.45, 2.75) is 38.1 Å². The average molecular weight is 299 g/mol. The molecule has 2 aromatic rings. The summed E-state index contributed by atoms with van der Waals surface area (Å²) in [5.74, 6) is 0.117. The van der Waals surface area contributed by atoms with Crippen LogP contribution in [0.15, 0.2) is 23.6 Å². The quantitative estimate of drug-likeness (QED) is 0.909. The lowest BCUT2D eigenvalue weighted by Crippen LogP contribution is -2.09. The number of hydrogen-bond donors (Lipinski definition) is 2. The first-order valence-corrected chi connectivity index (χ1v) is 8.31. The van der Waals surface area contributed by atoms with E-state index in [0.29, 0.717) is 12.5 Å². The number of fused-ring (bicyclic) bond motifs is 1. The Hall–Kier alpha value is -1.88. The first-order chi connectivity index (χ1) is 10.3. The molecule has 0 spiro atoms. The highest BCUT2D eigenvalue weighted by atomic mass is 32.1. The van der Waals surface area contributed by atoms with Gasteiger partial charge in [0.15, 0.2) is 5.13 Å². The van der Waals surface area contributed by atoms with Crippen molar-refractivity contribution >= 4 is 28.1 Å². The van der Waals surface area contributed by atoms with Gasteiger partial charge in [-0.3, -0.25) is 4.79 Å². The summed E-state index contributed by atoms with van der Waals surface area (Å²) in [6.07, 6.45) is 4.98. The van der Waals surface area contributed by atoms with E-state index in [1.54, 1.807) is 11.3 Å². The van der Waals surface area contributed by atoms with Gasteiger partial charge in [-0.25, -0.2) is 4.98 Å². The number of amides is 1. The van der Waals surface area contributed by atoms with Gasteiger partial charge in [0.1, 0.15) is 0 Å². The zero-order chi connectivity index (χ0) is 14.2. The second-order valence-electron chi connectivity index (χ2n) is 5.73. The van der Waals surface area contributed by atoms with Gasteiger partial charge in [-0.05, 0) is 43.4 Å². The van der Waals surface area contributed by atoms with E-state index in [2.05, 4.69) is 27.1 Å². The molecule has 1 aromatic heterocycles. The first kappa shape index (κ1) is 12.8. The van der Waals surface area contributed by atoms with Crippen LogP contribution in [0.1, 0.15) is 31.2 Å². The minimum Gasteiger partial charge on any atom is -0.359 e. The van der Waals surface area contributed by atoms with E-state index in [0.717, 1.165) is 34.9 Å². The van der Waals surface area contributed by atoms with E-state index >= 15 is 0 Å². The van der Waals surface area contributed by atoms with E-state index in [-0.39, 0.29) is 5.91 Å². The molecule has 5 heteroatoms. The fourth-order valence-electron chi connectivity index (χ4n) is 2.61. The van der Waals surface area contributed by atoms with Gasteiger partial charge in [-0.1, -0.05) is 6.07 Å². The van der Waals surface area contributed by atoms with Gasteiger partial charge in [0.2, 0.25) is 5.91 Å². The van der Waals surface area contributed by atoms with Gasteiger partial charge in [0, 0.05) is 29.1 Å². The minimum absolute atomic E-state index is 0.117. The van der Waals surface area contributed by atoms with E-state index in [1.165, 1.54) is 18.4 Å². The van der Waals surface area contributed by atoms with Gasteiger partial charge in [0.05, 0.1) is 5.69 Å². The Balaban J connectivity index is 1.61. The highest BCUT2D eigenvalue weighted by molar-refractivity contribution is 7.14. The standard InChI is InChI=1S/C16H17N3OS/c20-15-3-1-2-10-8-11(4-7-13(10)18-15)14-9-21-16(19-14)17-12-5-6-12/h4,7-9,12H,1-3,5-6H2,(H,17,19)(H,18,20). The minimum atomic E-state index is 0.117. The molecular formula is C16H17N3OS. The third-order valence-corrected chi connectivity index (χ3v) is 4.71. The number of hydrogen-bond acceptors (Lipinski definition) is 4. The van der Waals surface area contributed by atoms with Crippen molar-refractivity contribution in [1.82, 2.24) is 4.98 Å². The van der Waals surface area contributed by atoms with Crippen LogP contribution in [-0.4, -0.2) is 16.9 Å². The van der Waals surface area contributed by atoms with Crippen molar-refractivity contribution < 1.29 is 4.79 Å². The molecule has 0 radical (unpaired) electrons. The summed E-state index contributed by atoms with van der Waals surface area (Å²) in [6, 6.07) is 6.84. The van der Waals surface area contributed by atoms with Gasteiger partial charge in [-0.15, -0.1) is 11.3 Å². The van der Waals surface area contributed by atoms with E-state index in [9.17, 15) is 4.79 Å². The van der Waals surface area contributed by atoms with Crippen LogP contribution in [0.4, 0.5) is 10.8 Å². The Morgan fingerprint density at radius 3 is 3.05 bits per heavy atom. The van der Waals surface area contributed by atoms with Crippen molar-refractivity contribution in [1.29, 1.82) is 0 Å². The molecule has 0 unspecified atom stereocenters. The van der Waals surface area contributed by atoms with E-state index in [4.69, 9.17) is 0 Å². The molecule has 1 fully saturated rings. The average Bonchev–Trinajstić information content (AvgIpc) is 3.19. The third kappa shape index (κ3) is 2.78. The molecule has 1 aromatic carbocycles. The predicted molar refractivity (Wildman–Crippen MR) is 85.8 cm³/mol. The summed E-state index contributed by atoms with van der Waals surface area (Å²) in [5, 5.41) is 9.51. The number of carbonyl (C=O) groups excluding carboxylic acids is 1. The lowest BCUT2D eigenvalue weighted by Gasteiger charge is -2.08. The molecule has 1 amide bonds. The molecule has 0 bridgehead atoms. The number of anilines is 2. The highest BCUT2D eigenvalue weighted by Gasteiger charge is 2.22. The van der Waals surface area contributed by atoms with Crippen molar-refractivity contribution in [2.24, 2.45) is 0 Å². The maximum absolute atomic E-state index is 11.6. The number of carbonyl (C=O) groups is 1. The summed E-state index contributed by atoms with van der Waals surface area (Å²) in [5.41, 5.74) is 4.31. The highest BCUT2D eigenvalue weighted by Crippen LogP contribution is 2.32. The molecule has 0 saturated heterocycles. The molecular weight excluding hydrogens is 282 g/mol. The Kier molecular flexibility index (Phi) is 3.15. The summed E-state index contributed by atoms with van der Waals surface area (Å²) in [7, 11) is 0. The summed E-state index contributed by atoms with van der Waals surface area (Å²) < 4.78 is 0. The Morgan fingerprint density at radius 2 is 2.19 bits per heavy atom. The van der Waals surface area contributed by atoms with Crippen LogP contribution in [0.2, 0.25) is 0 Å². The summed E-state index contributed by atoms with van der Waals surface area (Å²) in [6.45, 7) is 0. The summed E-state index contributed by atoms with van der Waals surface area (Å²) >= 11 is 1.66. The molecule has 21 heavy (non-hydrogen) atoms. The normalized spacial score (nSPS) is 17.8. The monoisotopic (exact) mass is 299 g/mol. The third-order valence-electron chi connectivity index (χ3n) is 3.93. The lowest BCUT2D eigenvalue weighted by molar-refractivity contribution is -0.116. The van der Waals surface area contributed by atoms with Crippen molar-refractivity contribution in [2.75, 3.05) is 10.6 Å². The van der Waals surface area contributed by atoms with Crippen LogP contribution < -0.4 is 10.6 Å². The van der Waals surface area contributed by atoms with Gasteiger partial charge in [0.25, 0.3) is 0 Å². The van der Waals surface area contributed by atoms with Crippen LogP contribution in [0.3, 0.4) is 0 Å². The number of rotatable bonds is 3. The van der Waals surface area contributed by atoms with Crippen LogP contribution in [0.5, 0.6) is 0 Å². The maximum atomic E-state index is 11.6. The Labute approximate surface area is 127 Å². The van der Waals surface area contributed by atoms with Gasteiger partial charge < -0.3 is 10.6 Å². The van der Waals surface area contributed by atoms with Gasteiger partial charge >= 0.3 is 0 Å². The number of nitrogens with one attached hydrogen (secondary N) is 2. The maximum Gasteiger partial charge on any atom is 0.224 e. The summed E-state index contributed by atoms with van der Waals surface area (Å²) in [4.78, 5) is 16.3. The fraction of sp³-hybridized carbons (Fsp3) is 0.375. The van der Waals surface area contributed by atoms with Crippen molar-refractivity contribution in [3.8, 4) is 11.3 Å². The molecule has 4 nitrogen and oxygen atoms in total. The molecule has 2 N–H and O–H groups in total. The van der Waals surface area contributed by atoms with Crippen LogP contribution in [0, 0.1) is 0 Å². The number of nitrogens with zero attached hydrogens (tertiary/aromatic N) is 1. The Morgan fingerprint density at radius 1 is 1.29 bits per heavy atom. The van der Waals surface area contributed by atoms with Gasteiger partial charge in [-0.2, -0.15) is 0 Å². The topological polar surface area (TPSA) is 54.0 Å².